The monoisotopic (exact) mass is 325 g/mol. The zero-order chi connectivity index (χ0) is 15.5. The predicted molar refractivity (Wildman–Crippen MR) is 104 cm³/mol. The number of aryl methyl sites for hydroxylation is 1. The van der Waals surface area contributed by atoms with Gasteiger partial charge in [-0.2, -0.15) is 0 Å². The van der Waals surface area contributed by atoms with Gasteiger partial charge in [-0.1, -0.05) is 60.7 Å². The van der Waals surface area contributed by atoms with Gasteiger partial charge in [0.15, 0.2) is 0 Å². The topological polar surface area (TPSA) is 3.24 Å². The maximum atomic E-state index is 2.39. The Balaban J connectivity index is 0.00000192. The molecule has 2 heteroatoms. The molecule has 1 aliphatic rings. The molecule has 1 nitrogen and oxygen atoms in total. The van der Waals surface area contributed by atoms with Gasteiger partial charge >= 0.3 is 0 Å². The summed E-state index contributed by atoms with van der Waals surface area (Å²) in [6.07, 6.45) is 7.96. The van der Waals surface area contributed by atoms with Crippen molar-refractivity contribution in [3.8, 4) is 0 Å². The van der Waals surface area contributed by atoms with Crippen molar-refractivity contribution in [3.63, 3.8) is 0 Å². The maximum absolute atomic E-state index is 2.39. The van der Waals surface area contributed by atoms with Gasteiger partial charge in [0.1, 0.15) is 0 Å². The molecule has 1 aliphatic carbocycles. The van der Waals surface area contributed by atoms with E-state index in [4.69, 9.17) is 0 Å². The number of benzene rings is 2. The molecule has 0 radical (unpaired) electrons. The van der Waals surface area contributed by atoms with Gasteiger partial charge in [0.2, 0.25) is 0 Å². The molecule has 120 valence electrons. The van der Waals surface area contributed by atoms with Crippen molar-refractivity contribution < 1.29 is 0 Å². The van der Waals surface area contributed by atoms with Crippen molar-refractivity contribution >= 4 is 30.1 Å². The lowest BCUT2D eigenvalue weighted by molar-refractivity contribution is 0.417. The van der Waals surface area contributed by atoms with E-state index >= 15 is 0 Å². The first-order valence-corrected chi connectivity index (χ1v) is 7.89. The Bertz CT molecular complexity index is 741. The van der Waals surface area contributed by atoms with Gasteiger partial charge in [-0.3, -0.25) is 0 Å². The molecule has 23 heavy (non-hydrogen) atoms. The van der Waals surface area contributed by atoms with Crippen molar-refractivity contribution in [2.45, 2.75) is 13.3 Å². The summed E-state index contributed by atoms with van der Waals surface area (Å²) in [5.74, 6) is 0. The molecule has 0 N–H and O–H groups in total. The summed E-state index contributed by atoms with van der Waals surface area (Å²) in [5, 5.41) is 0. The van der Waals surface area contributed by atoms with E-state index in [9.17, 15) is 0 Å². The van der Waals surface area contributed by atoms with E-state index in [2.05, 4.69) is 86.6 Å². The van der Waals surface area contributed by atoms with Crippen molar-refractivity contribution in [1.82, 2.24) is 4.90 Å². The van der Waals surface area contributed by atoms with Gasteiger partial charge in [0, 0.05) is 6.54 Å². The van der Waals surface area contributed by atoms with Crippen LogP contribution in [0.4, 0.5) is 0 Å². The minimum Gasteiger partial charge on any atom is -0.309 e. The highest BCUT2D eigenvalue weighted by molar-refractivity contribution is 5.94. The fourth-order valence-electron chi connectivity index (χ4n) is 3.03. The molecular weight excluding hydrogens is 302 g/mol. The van der Waals surface area contributed by atoms with Crippen molar-refractivity contribution in [2.75, 3.05) is 20.6 Å². The Morgan fingerprint density at radius 1 is 0.913 bits per heavy atom. The van der Waals surface area contributed by atoms with Crippen LogP contribution < -0.4 is 0 Å². The molecule has 0 atom stereocenters. The fraction of sp³-hybridized carbons (Fsp3) is 0.238. The van der Waals surface area contributed by atoms with Crippen LogP contribution in [-0.4, -0.2) is 25.5 Å². The molecule has 0 heterocycles. The standard InChI is InChI=1S/C21H23N.ClH/c1-16-8-6-11-20-18(16)14-13-17-9-4-5-10-19(17)21(20)12-7-15-22(2)3;/h4-6,8-14H,7,15H2,1-3H3;1H/b21-12-;. The average Bonchev–Trinajstić information content (AvgIpc) is 2.66. The van der Waals surface area contributed by atoms with Crippen LogP contribution in [0.25, 0.3) is 17.7 Å². The molecule has 0 saturated heterocycles. The van der Waals surface area contributed by atoms with E-state index in [1.807, 2.05) is 0 Å². The van der Waals surface area contributed by atoms with Crippen LogP contribution in [0.1, 0.15) is 34.2 Å². The highest BCUT2D eigenvalue weighted by atomic mass is 35.5. The molecule has 0 fully saturated rings. The lowest BCUT2D eigenvalue weighted by Crippen LogP contribution is -2.12. The summed E-state index contributed by atoms with van der Waals surface area (Å²) in [7, 11) is 4.25. The Morgan fingerprint density at radius 2 is 1.65 bits per heavy atom. The van der Waals surface area contributed by atoms with Crippen LogP contribution in [0.15, 0.2) is 48.5 Å². The fourth-order valence-corrected chi connectivity index (χ4v) is 3.03. The number of hydrogen-bond donors (Lipinski definition) is 0. The molecule has 0 aromatic heterocycles. The van der Waals surface area contributed by atoms with Crippen molar-refractivity contribution in [1.29, 1.82) is 0 Å². The van der Waals surface area contributed by atoms with E-state index in [1.54, 1.807) is 0 Å². The lowest BCUT2D eigenvalue weighted by atomic mass is 9.91. The number of rotatable bonds is 3. The summed E-state index contributed by atoms with van der Waals surface area (Å²) < 4.78 is 0. The molecule has 0 saturated carbocycles. The zero-order valence-electron chi connectivity index (χ0n) is 14.0. The van der Waals surface area contributed by atoms with E-state index in [0.717, 1.165) is 13.0 Å². The SMILES string of the molecule is Cc1cccc2c1C=Cc1ccccc1/C2=C/CCN(C)C.Cl. The zero-order valence-corrected chi connectivity index (χ0v) is 14.9. The van der Waals surface area contributed by atoms with Crippen LogP contribution in [0.3, 0.4) is 0 Å². The summed E-state index contributed by atoms with van der Waals surface area (Å²) in [6.45, 7) is 3.26. The summed E-state index contributed by atoms with van der Waals surface area (Å²) in [4.78, 5) is 2.23. The second kappa shape index (κ2) is 7.63. The average molecular weight is 326 g/mol. The Kier molecular flexibility index (Phi) is 5.81. The van der Waals surface area contributed by atoms with Gasteiger partial charge in [-0.15, -0.1) is 12.4 Å². The Hall–Kier alpha value is -1.83. The Morgan fingerprint density at radius 3 is 2.43 bits per heavy atom. The second-order valence-electron chi connectivity index (χ2n) is 6.17. The maximum Gasteiger partial charge on any atom is 0.00101 e. The quantitative estimate of drug-likeness (QED) is 0.633. The first-order valence-electron chi connectivity index (χ1n) is 7.89. The lowest BCUT2D eigenvalue weighted by Gasteiger charge is -2.14. The van der Waals surface area contributed by atoms with Gasteiger partial charge in [-0.05, 0) is 60.8 Å². The molecule has 3 rings (SSSR count). The van der Waals surface area contributed by atoms with Crippen molar-refractivity contribution in [3.05, 3.63) is 76.4 Å². The van der Waals surface area contributed by atoms with E-state index in [0.29, 0.717) is 0 Å². The van der Waals surface area contributed by atoms with Crippen LogP contribution in [0.5, 0.6) is 0 Å². The molecule has 0 unspecified atom stereocenters. The second-order valence-corrected chi connectivity index (χ2v) is 6.17. The summed E-state index contributed by atoms with van der Waals surface area (Å²) in [5.41, 5.74) is 8.02. The molecule has 0 aliphatic heterocycles. The van der Waals surface area contributed by atoms with Crippen LogP contribution in [-0.2, 0) is 0 Å². The molecule has 2 aromatic carbocycles. The van der Waals surface area contributed by atoms with E-state index in [-0.39, 0.29) is 12.4 Å². The third-order valence-electron chi connectivity index (χ3n) is 4.22. The van der Waals surface area contributed by atoms with Crippen LogP contribution >= 0.6 is 12.4 Å². The number of nitrogens with zero attached hydrogens (tertiary/aromatic N) is 1. The van der Waals surface area contributed by atoms with Crippen LogP contribution in [0.2, 0.25) is 0 Å². The number of hydrogen-bond acceptors (Lipinski definition) is 1. The molecular formula is C21H24ClN. The normalized spacial score (nSPS) is 14.2. The molecule has 0 amide bonds. The summed E-state index contributed by atoms with van der Waals surface area (Å²) >= 11 is 0. The summed E-state index contributed by atoms with van der Waals surface area (Å²) in [6, 6.07) is 15.3. The Labute approximate surface area is 145 Å². The highest BCUT2D eigenvalue weighted by Crippen LogP contribution is 2.35. The molecule has 2 aromatic rings. The molecule has 0 spiro atoms. The van der Waals surface area contributed by atoms with E-state index in [1.165, 1.54) is 33.4 Å². The third-order valence-corrected chi connectivity index (χ3v) is 4.22. The number of halogens is 1. The van der Waals surface area contributed by atoms with Gasteiger partial charge < -0.3 is 4.90 Å². The third kappa shape index (κ3) is 3.74. The predicted octanol–water partition coefficient (Wildman–Crippen LogP) is 5.28. The first kappa shape index (κ1) is 17.5. The van der Waals surface area contributed by atoms with E-state index < -0.39 is 0 Å². The van der Waals surface area contributed by atoms with Gasteiger partial charge in [0.25, 0.3) is 0 Å². The van der Waals surface area contributed by atoms with Crippen LogP contribution in [0, 0.1) is 6.92 Å². The molecule has 0 bridgehead atoms. The first-order chi connectivity index (χ1) is 10.7. The number of fused-ring (bicyclic) bond motifs is 2. The minimum absolute atomic E-state index is 0. The highest BCUT2D eigenvalue weighted by Gasteiger charge is 2.15. The van der Waals surface area contributed by atoms with Gasteiger partial charge in [-0.25, -0.2) is 0 Å². The van der Waals surface area contributed by atoms with Crippen molar-refractivity contribution in [2.24, 2.45) is 0 Å². The largest absolute Gasteiger partial charge is 0.309 e. The van der Waals surface area contributed by atoms with Gasteiger partial charge in [0.05, 0.1) is 0 Å². The minimum atomic E-state index is 0. The smallest absolute Gasteiger partial charge is 0.00101 e.